The van der Waals surface area contributed by atoms with Crippen molar-refractivity contribution in [3.8, 4) is 5.88 Å². The second-order valence-electron chi connectivity index (χ2n) is 8.53. The van der Waals surface area contributed by atoms with Gasteiger partial charge in [0.15, 0.2) is 0 Å². The summed E-state index contributed by atoms with van der Waals surface area (Å²) in [4.78, 5) is 19.9. The minimum absolute atomic E-state index is 0.0324. The predicted molar refractivity (Wildman–Crippen MR) is 98.1 cm³/mol. The molecule has 0 bridgehead atoms. The molecule has 3 saturated heterocycles. The summed E-state index contributed by atoms with van der Waals surface area (Å²) >= 11 is 5.94. The molecule has 2 amide bonds. The summed E-state index contributed by atoms with van der Waals surface area (Å²) in [6.07, 6.45) is 3.20. The minimum atomic E-state index is -3.18. The molecular weight excluding hydrogens is 411 g/mol. The molecule has 0 atom stereocenters. The van der Waals surface area contributed by atoms with Crippen LogP contribution in [0.2, 0.25) is 5.02 Å². The number of likely N-dealkylation sites (tertiary alicyclic amines) is 2. The molecular formula is C17H20ClFN4O4S. The second-order valence-corrected chi connectivity index (χ2v) is 10.8. The quantitative estimate of drug-likeness (QED) is 0.761. The number of amides is 2. The number of rotatable bonds is 2. The van der Waals surface area contributed by atoms with Gasteiger partial charge in [0.05, 0.1) is 17.5 Å². The summed E-state index contributed by atoms with van der Waals surface area (Å²) in [5.74, 6) is -0.135. The highest BCUT2D eigenvalue weighted by Gasteiger charge is 2.58. The van der Waals surface area contributed by atoms with E-state index in [2.05, 4.69) is 9.71 Å². The van der Waals surface area contributed by atoms with Crippen molar-refractivity contribution in [2.24, 2.45) is 5.41 Å². The van der Waals surface area contributed by atoms with Crippen LogP contribution in [-0.4, -0.2) is 72.8 Å². The fourth-order valence-corrected chi connectivity index (χ4v) is 6.65. The van der Waals surface area contributed by atoms with Gasteiger partial charge in [0.2, 0.25) is 15.9 Å². The number of hydrogen-bond acceptors (Lipinski definition) is 5. The summed E-state index contributed by atoms with van der Waals surface area (Å²) in [7, 11) is -3.18. The molecule has 28 heavy (non-hydrogen) atoms. The minimum Gasteiger partial charge on any atom is -0.473 e. The number of halogens is 2. The molecule has 11 heteroatoms. The van der Waals surface area contributed by atoms with Crippen LogP contribution in [0, 0.1) is 11.2 Å². The molecule has 152 valence electrons. The van der Waals surface area contributed by atoms with Crippen LogP contribution in [0.25, 0.3) is 0 Å². The molecule has 0 aromatic carbocycles. The van der Waals surface area contributed by atoms with E-state index in [0.29, 0.717) is 32.6 Å². The van der Waals surface area contributed by atoms with Gasteiger partial charge in [-0.25, -0.2) is 27.3 Å². The number of hydrogen-bond donors (Lipinski definition) is 1. The van der Waals surface area contributed by atoms with Crippen LogP contribution < -0.4 is 9.46 Å². The SMILES string of the molecule is O=C(N1CC2(CC(Oc3ncc(F)cc3Cl)C2)C1)N1CC2(CCS(=O)(=O)N2)C1. The van der Waals surface area contributed by atoms with Crippen LogP contribution in [0.5, 0.6) is 5.88 Å². The lowest BCUT2D eigenvalue weighted by molar-refractivity contribution is -0.109. The Morgan fingerprint density at radius 3 is 2.57 bits per heavy atom. The lowest BCUT2D eigenvalue weighted by atomic mass is 9.62. The molecule has 5 rings (SSSR count). The van der Waals surface area contributed by atoms with E-state index in [0.717, 1.165) is 19.0 Å². The first kappa shape index (κ1) is 18.4. The molecule has 4 heterocycles. The van der Waals surface area contributed by atoms with Gasteiger partial charge in [0, 0.05) is 31.6 Å². The number of carbonyl (C=O) groups is 1. The first-order chi connectivity index (χ1) is 13.2. The number of carbonyl (C=O) groups excluding carboxylic acids is 1. The predicted octanol–water partition coefficient (Wildman–Crippen LogP) is 1.21. The Morgan fingerprint density at radius 2 is 1.96 bits per heavy atom. The van der Waals surface area contributed by atoms with E-state index in [1.54, 1.807) is 9.80 Å². The van der Waals surface area contributed by atoms with E-state index in [-0.39, 0.29) is 34.2 Å². The highest BCUT2D eigenvalue weighted by Crippen LogP contribution is 2.50. The lowest BCUT2D eigenvalue weighted by Crippen LogP contribution is -2.74. The Morgan fingerprint density at radius 1 is 1.29 bits per heavy atom. The summed E-state index contributed by atoms with van der Waals surface area (Å²) in [5.41, 5.74) is -0.377. The van der Waals surface area contributed by atoms with E-state index in [9.17, 15) is 17.6 Å². The molecule has 3 aliphatic heterocycles. The maximum absolute atomic E-state index is 13.0. The van der Waals surface area contributed by atoms with Crippen LogP contribution in [0.15, 0.2) is 12.3 Å². The van der Waals surface area contributed by atoms with Crippen molar-refractivity contribution in [2.45, 2.75) is 30.9 Å². The van der Waals surface area contributed by atoms with E-state index in [4.69, 9.17) is 16.3 Å². The van der Waals surface area contributed by atoms with Gasteiger partial charge in [-0.3, -0.25) is 0 Å². The number of nitrogens with one attached hydrogen (secondary N) is 1. The Labute approximate surface area is 167 Å². The van der Waals surface area contributed by atoms with E-state index in [1.807, 2.05) is 0 Å². The molecule has 4 fully saturated rings. The van der Waals surface area contributed by atoms with Crippen LogP contribution in [-0.2, 0) is 10.0 Å². The maximum atomic E-state index is 13.0. The Hall–Kier alpha value is -1.65. The van der Waals surface area contributed by atoms with Crippen molar-refractivity contribution in [3.63, 3.8) is 0 Å². The van der Waals surface area contributed by atoms with E-state index < -0.39 is 21.4 Å². The third-order valence-corrected chi connectivity index (χ3v) is 7.93. The summed E-state index contributed by atoms with van der Waals surface area (Å²) in [6, 6.07) is 1.14. The summed E-state index contributed by atoms with van der Waals surface area (Å²) < 4.78 is 44.6. The van der Waals surface area contributed by atoms with Crippen LogP contribution in [0.1, 0.15) is 19.3 Å². The molecule has 2 spiro atoms. The molecule has 1 saturated carbocycles. The van der Waals surface area contributed by atoms with Crippen LogP contribution >= 0.6 is 11.6 Å². The number of urea groups is 1. The smallest absolute Gasteiger partial charge is 0.320 e. The van der Waals surface area contributed by atoms with E-state index in [1.165, 1.54) is 6.07 Å². The normalized spacial score (nSPS) is 26.6. The molecule has 1 aromatic heterocycles. The summed E-state index contributed by atoms with van der Waals surface area (Å²) in [6.45, 7) is 2.22. The van der Waals surface area contributed by atoms with Gasteiger partial charge < -0.3 is 14.5 Å². The highest BCUT2D eigenvalue weighted by molar-refractivity contribution is 7.89. The summed E-state index contributed by atoms with van der Waals surface area (Å²) in [5, 5.41) is 0.153. The standard InChI is InChI=1S/C17H20ClFN4O4S/c18-13-3-11(19)6-20-14(13)27-12-4-16(5-12)7-22(8-16)15(24)23-9-17(10-23)1-2-28(25,26)21-17/h3,6,12,21H,1-2,4-5,7-10H2. The monoisotopic (exact) mass is 430 g/mol. The Bertz CT molecular complexity index is 938. The van der Waals surface area contributed by atoms with Crippen molar-refractivity contribution in [1.82, 2.24) is 19.5 Å². The van der Waals surface area contributed by atoms with E-state index >= 15 is 0 Å². The number of nitrogens with zero attached hydrogens (tertiary/aromatic N) is 3. The average molecular weight is 431 g/mol. The average Bonchev–Trinajstić information content (AvgIpc) is 2.84. The first-order valence-electron chi connectivity index (χ1n) is 9.20. The first-order valence-corrected chi connectivity index (χ1v) is 11.2. The maximum Gasteiger partial charge on any atom is 0.320 e. The lowest BCUT2D eigenvalue weighted by Gasteiger charge is -2.60. The second kappa shape index (κ2) is 5.93. The van der Waals surface area contributed by atoms with Crippen molar-refractivity contribution >= 4 is 27.7 Å². The molecule has 0 radical (unpaired) electrons. The van der Waals surface area contributed by atoms with Gasteiger partial charge in [0.25, 0.3) is 0 Å². The third-order valence-electron chi connectivity index (χ3n) is 6.18. The van der Waals surface area contributed by atoms with Crippen molar-refractivity contribution in [3.05, 3.63) is 23.1 Å². The zero-order chi connectivity index (χ0) is 19.7. The molecule has 1 N–H and O–H groups in total. The molecule has 4 aliphatic rings. The van der Waals surface area contributed by atoms with Gasteiger partial charge in [0.1, 0.15) is 16.9 Å². The molecule has 1 aromatic rings. The van der Waals surface area contributed by atoms with Crippen molar-refractivity contribution in [2.75, 3.05) is 31.9 Å². The van der Waals surface area contributed by atoms with Crippen LogP contribution in [0.4, 0.5) is 9.18 Å². The zero-order valence-corrected chi connectivity index (χ0v) is 16.6. The fraction of sp³-hybridized carbons (Fsp3) is 0.647. The van der Waals surface area contributed by atoms with Gasteiger partial charge in [-0.2, -0.15) is 0 Å². The number of ether oxygens (including phenoxy) is 1. The Kier molecular flexibility index (Phi) is 3.89. The van der Waals surface area contributed by atoms with Crippen LogP contribution in [0.3, 0.4) is 0 Å². The van der Waals surface area contributed by atoms with Crippen molar-refractivity contribution in [1.29, 1.82) is 0 Å². The number of pyridine rings is 1. The topological polar surface area (TPSA) is 91.8 Å². The molecule has 8 nitrogen and oxygen atoms in total. The zero-order valence-electron chi connectivity index (χ0n) is 15.0. The van der Waals surface area contributed by atoms with Crippen molar-refractivity contribution < 1.29 is 22.3 Å². The number of aromatic nitrogens is 1. The van der Waals surface area contributed by atoms with Gasteiger partial charge in [-0.15, -0.1) is 0 Å². The highest BCUT2D eigenvalue weighted by atomic mass is 35.5. The fourth-order valence-electron chi connectivity index (χ4n) is 4.80. The van der Waals surface area contributed by atoms with Gasteiger partial charge >= 0.3 is 6.03 Å². The molecule has 0 unspecified atom stereocenters. The largest absolute Gasteiger partial charge is 0.473 e. The van der Waals surface area contributed by atoms with Gasteiger partial charge in [-0.05, 0) is 25.3 Å². The Balaban J connectivity index is 1.09. The molecule has 1 aliphatic carbocycles. The van der Waals surface area contributed by atoms with Gasteiger partial charge in [-0.1, -0.05) is 11.6 Å². The third kappa shape index (κ3) is 3.02. The number of sulfonamides is 1.